The van der Waals surface area contributed by atoms with Crippen molar-refractivity contribution in [2.75, 3.05) is 6.54 Å². The quantitative estimate of drug-likeness (QED) is 0.439. The van der Waals surface area contributed by atoms with Crippen molar-refractivity contribution in [3.8, 4) is 0 Å². The summed E-state index contributed by atoms with van der Waals surface area (Å²) in [5.74, 6) is 1.87. The molecule has 2 heterocycles. The number of fused-ring (bicyclic) bond motifs is 1. The fourth-order valence-electron chi connectivity index (χ4n) is 1.45. The zero-order valence-electron chi connectivity index (χ0n) is 8.03. The van der Waals surface area contributed by atoms with Crippen LogP contribution in [0.15, 0.2) is 5.70 Å². The Bertz CT molecular complexity index is 275. The second-order valence-corrected chi connectivity index (χ2v) is 4.35. The molecule has 4 nitrogen and oxygen atoms in total. The number of nitrogens with zero attached hydrogens (tertiary/aromatic N) is 1. The van der Waals surface area contributed by atoms with Crippen molar-refractivity contribution in [3.63, 3.8) is 0 Å². The normalized spacial score (nSPS) is 31.6. The molecule has 2 aliphatic rings. The van der Waals surface area contributed by atoms with Gasteiger partial charge in [-0.3, -0.25) is 4.84 Å². The van der Waals surface area contributed by atoms with E-state index in [2.05, 4.69) is 0 Å². The summed E-state index contributed by atoms with van der Waals surface area (Å²) in [6.45, 7) is 6.48. The minimum atomic E-state index is -0.279. The van der Waals surface area contributed by atoms with Crippen LogP contribution in [0.3, 0.4) is 0 Å². The van der Waals surface area contributed by atoms with E-state index in [9.17, 15) is 4.79 Å². The first kappa shape index (κ1) is 8.75. The smallest absolute Gasteiger partial charge is 0.156 e. The molecule has 0 amide bonds. The van der Waals surface area contributed by atoms with E-state index < -0.39 is 0 Å². The van der Waals surface area contributed by atoms with E-state index in [0.717, 1.165) is 0 Å². The zero-order valence-corrected chi connectivity index (χ0v) is 8.03. The Morgan fingerprint density at radius 2 is 2.31 bits per heavy atom. The summed E-state index contributed by atoms with van der Waals surface area (Å²) in [5.41, 5.74) is 0.221. The van der Waals surface area contributed by atoms with Crippen LogP contribution in [0.5, 0.6) is 0 Å². The lowest BCUT2D eigenvalue weighted by Gasteiger charge is -2.28. The summed E-state index contributed by atoms with van der Waals surface area (Å²) >= 11 is 0. The van der Waals surface area contributed by atoms with Crippen molar-refractivity contribution >= 4 is 5.94 Å². The number of hydrogen-bond donors (Lipinski definition) is 0. The molecular formula is C9H13NO3. The summed E-state index contributed by atoms with van der Waals surface area (Å²) in [7, 11) is 0. The topological polar surface area (TPSA) is 42.1 Å². The molecule has 72 valence electrons. The minimum Gasteiger partial charge on any atom is -0.360 e. The first-order valence-corrected chi connectivity index (χ1v) is 4.38. The van der Waals surface area contributed by atoms with Crippen LogP contribution in [-0.4, -0.2) is 35.4 Å². The van der Waals surface area contributed by atoms with Gasteiger partial charge < -0.3 is 4.74 Å². The molecule has 0 saturated carbocycles. The predicted molar refractivity (Wildman–Crippen MR) is 45.4 cm³/mol. The second kappa shape index (κ2) is 2.58. The largest absolute Gasteiger partial charge is 0.360 e. The molecule has 0 aromatic rings. The number of hydrogen-bond acceptors (Lipinski definition) is 4. The number of carbonyl (C=O) groups excluding carboxylic acids is 1. The molecule has 0 N–H and O–H groups in total. The van der Waals surface area contributed by atoms with Gasteiger partial charge in [0.15, 0.2) is 11.6 Å². The Kier molecular flexibility index (Phi) is 1.74. The van der Waals surface area contributed by atoms with Crippen molar-refractivity contribution in [2.24, 2.45) is 0 Å². The highest BCUT2D eigenvalue weighted by Gasteiger charge is 2.53. The molecule has 2 unspecified atom stereocenters. The Hall–Kier alpha value is -0.830. The maximum absolute atomic E-state index is 10.6. The molecule has 0 spiro atoms. The van der Waals surface area contributed by atoms with Gasteiger partial charge in [0.05, 0.1) is 12.1 Å². The fraction of sp³-hybridized carbons (Fsp3) is 0.778. The SMILES string of the molecule is CC(C)(C)ON1CC2OC2C1=C=O. The van der Waals surface area contributed by atoms with Crippen molar-refractivity contribution in [1.29, 1.82) is 0 Å². The lowest BCUT2D eigenvalue weighted by atomic mass is 10.2. The van der Waals surface area contributed by atoms with Gasteiger partial charge in [0.25, 0.3) is 0 Å². The number of ether oxygens (including phenoxy) is 1. The van der Waals surface area contributed by atoms with Crippen LogP contribution in [0.4, 0.5) is 0 Å². The average molecular weight is 183 g/mol. The molecule has 4 heteroatoms. The molecule has 13 heavy (non-hydrogen) atoms. The Balaban J connectivity index is 2.06. The van der Waals surface area contributed by atoms with Crippen LogP contribution in [0.25, 0.3) is 0 Å². The first-order valence-electron chi connectivity index (χ1n) is 4.38. The van der Waals surface area contributed by atoms with Crippen LogP contribution < -0.4 is 0 Å². The summed E-state index contributed by atoms with van der Waals surface area (Å²) in [6.07, 6.45) is 0.0960. The number of hydroxylamine groups is 2. The second-order valence-electron chi connectivity index (χ2n) is 4.35. The maximum atomic E-state index is 10.6. The summed E-state index contributed by atoms with van der Waals surface area (Å²) in [5, 5.41) is 1.60. The van der Waals surface area contributed by atoms with E-state index >= 15 is 0 Å². The predicted octanol–water partition coefficient (Wildman–Crippen LogP) is 0.515. The molecular weight excluding hydrogens is 170 g/mol. The van der Waals surface area contributed by atoms with Crippen molar-refractivity contribution < 1.29 is 14.4 Å². The van der Waals surface area contributed by atoms with Crippen LogP contribution in [0.1, 0.15) is 20.8 Å². The van der Waals surface area contributed by atoms with E-state index in [1.807, 2.05) is 26.7 Å². The molecule has 0 aromatic carbocycles. The van der Waals surface area contributed by atoms with E-state index in [-0.39, 0.29) is 17.8 Å². The summed E-state index contributed by atoms with van der Waals surface area (Å²) < 4.78 is 5.18. The van der Waals surface area contributed by atoms with Gasteiger partial charge in [-0.15, -0.1) is 0 Å². The number of epoxide rings is 1. The monoisotopic (exact) mass is 183 g/mol. The van der Waals surface area contributed by atoms with Gasteiger partial charge in [0.2, 0.25) is 0 Å². The van der Waals surface area contributed by atoms with Crippen LogP contribution in [0, 0.1) is 0 Å². The molecule has 2 fully saturated rings. The zero-order chi connectivity index (χ0) is 9.64. The number of rotatable bonds is 1. The van der Waals surface area contributed by atoms with Crippen LogP contribution in [0.2, 0.25) is 0 Å². The van der Waals surface area contributed by atoms with Gasteiger partial charge in [0, 0.05) is 0 Å². The van der Waals surface area contributed by atoms with Crippen LogP contribution >= 0.6 is 0 Å². The molecule has 0 radical (unpaired) electrons. The Labute approximate surface area is 77.1 Å². The van der Waals surface area contributed by atoms with Crippen LogP contribution in [-0.2, 0) is 14.4 Å². The van der Waals surface area contributed by atoms with Crippen molar-refractivity contribution in [1.82, 2.24) is 5.06 Å². The van der Waals surface area contributed by atoms with Gasteiger partial charge in [0.1, 0.15) is 12.2 Å². The van der Waals surface area contributed by atoms with Gasteiger partial charge >= 0.3 is 0 Å². The maximum Gasteiger partial charge on any atom is 0.156 e. The lowest BCUT2D eigenvalue weighted by molar-refractivity contribution is -0.206. The van der Waals surface area contributed by atoms with E-state index in [4.69, 9.17) is 9.57 Å². The average Bonchev–Trinajstić information content (AvgIpc) is 2.60. The third kappa shape index (κ3) is 1.61. The minimum absolute atomic E-state index is 0.0557. The highest BCUT2D eigenvalue weighted by molar-refractivity contribution is 5.56. The fourth-order valence-corrected chi connectivity index (χ4v) is 1.45. The third-order valence-electron chi connectivity index (χ3n) is 1.96. The summed E-state index contributed by atoms with van der Waals surface area (Å²) in [4.78, 5) is 16.1. The molecule has 2 saturated heterocycles. The van der Waals surface area contributed by atoms with Gasteiger partial charge in [-0.25, -0.2) is 9.86 Å². The molecule has 0 aliphatic carbocycles. The highest BCUT2D eigenvalue weighted by atomic mass is 16.7. The molecule has 0 aromatic heterocycles. The van der Waals surface area contributed by atoms with E-state index in [1.165, 1.54) is 0 Å². The lowest BCUT2D eigenvalue weighted by Crippen LogP contribution is -2.33. The van der Waals surface area contributed by atoms with Gasteiger partial charge in [-0.05, 0) is 20.8 Å². The first-order chi connectivity index (χ1) is 6.01. The summed E-state index contributed by atoms with van der Waals surface area (Å²) in [6, 6.07) is 0. The third-order valence-corrected chi connectivity index (χ3v) is 1.96. The van der Waals surface area contributed by atoms with Crippen molar-refractivity contribution in [3.05, 3.63) is 5.70 Å². The van der Waals surface area contributed by atoms with Crippen molar-refractivity contribution in [2.45, 2.75) is 38.6 Å². The molecule has 2 atom stereocenters. The molecule has 2 aliphatic heterocycles. The highest BCUT2D eigenvalue weighted by Crippen LogP contribution is 2.38. The standard InChI is InChI=1S/C9H13NO3/c1-9(2,3)13-10-4-7-8(12-7)6(10)5-11/h7-8H,4H2,1-3H3. The van der Waals surface area contributed by atoms with E-state index in [0.29, 0.717) is 12.2 Å². The Morgan fingerprint density at radius 3 is 2.85 bits per heavy atom. The molecule has 2 rings (SSSR count). The number of morpholine rings is 1. The Morgan fingerprint density at radius 1 is 1.62 bits per heavy atom. The van der Waals surface area contributed by atoms with E-state index in [1.54, 1.807) is 5.06 Å². The van der Waals surface area contributed by atoms with Gasteiger partial charge in [-0.1, -0.05) is 0 Å². The van der Waals surface area contributed by atoms with Gasteiger partial charge in [-0.2, -0.15) is 0 Å². The molecule has 0 bridgehead atoms.